The van der Waals surface area contributed by atoms with Crippen LogP contribution in [0.25, 0.3) is 0 Å². The molecule has 1 atom stereocenters. The number of nitrogens with two attached hydrogens (primary N) is 1. The average molecular weight is 211 g/mol. The fraction of sp³-hybridized carbons (Fsp3) is 0.444. The molecule has 6 heteroatoms. The fourth-order valence-corrected chi connectivity index (χ4v) is 1.01. The van der Waals surface area contributed by atoms with E-state index in [4.69, 9.17) is 10.5 Å². The first-order chi connectivity index (χ1) is 7.09. The first kappa shape index (κ1) is 11.5. The highest BCUT2D eigenvalue weighted by molar-refractivity contribution is 5.29. The van der Waals surface area contributed by atoms with Gasteiger partial charge in [0.05, 0.1) is 23.8 Å². The van der Waals surface area contributed by atoms with Gasteiger partial charge in [-0.25, -0.2) is 0 Å². The molecule has 2 N–H and O–H groups in total. The number of ether oxygens (including phenoxy) is 1. The van der Waals surface area contributed by atoms with Gasteiger partial charge in [-0.1, -0.05) is 0 Å². The molecular formula is C9H13N3O3. The molecule has 0 fully saturated rings. The molecule has 0 aliphatic rings. The topological polar surface area (TPSA) is 91.3 Å². The van der Waals surface area contributed by atoms with Crippen LogP contribution in [0.1, 0.15) is 12.6 Å². The minimum atomic E-state index is -0.462. The summed E-state index contributed by atoms with van der Waals surface area (Å²) in [5.74, 6) is 0. The predicted molar refractivity (Wildman–Crippen MR) is 54.2 cm³/mol. The van der Waals surface area contributed by atoms with Crippen LogP contribution in [-0.4, -0.2) is 22.6 Å². The number of aromatic nitrogens is 1. The summed E-state index contributed by atoms with van der Waals surface area (Å²) in [6.07, 6.45) is 1.39. The van der Waals surface area contributed by atoms with E-state index in [1.165, 1.54) is 18.3 Å². The second-order valence-electron chi connectivity index (χ2n) is 3.25. The van der Waals surface area contributed by atoms with Gasteiger partial charge in [0.1, 0.15) is 0 Å². The van der Waals surface area contributed by atoms with Crippen molar-refractivity contribution >= 4 is 5.69 Å². The Bertz CT molecular complexity index is 341. The number of nitrogens with zero attached hydrogens (tertiary/aromatic N) is 2. The summed E-state index contributed by atoms with van der Waals surface area (Å²) in [4.78, 5) is 13.9. The zero-order valence-electron chi connectivity index (χ0n) is 8.42. The summed E-state index contributed by atoms with van der Waals surface area (Å²) in [6, 6.07) is 2.68. The third-order valence-corrected chi connectivity index (χ3v) is 1.64. The number of pyridine rings is 1. The summed E-state index contributed by atoms with van der Waals surface area (Å²) >= 11 is 0. The van der Waals surface area contributed by atoms with Gasteiger partial charge in [-0.15, -0.1) is 0 Å². The Labute approximate surface area is 87.2 Å². The quantitative estimate of drug-likeness (QED) is 0.576. The largest absolute Gasteiger partial charge is 0.374 e. The van der Waals surface area contributed by atoms with Crippen molar-refractivity contribution in [1.29, 1.82) is 0 Å². The van der Waals surface area contributed by atoms with Crippen molar-refractivity contribution in [1.82, 2.24) is 4.98 Å². The Morgan fingerprint density at radius 1 is 1.73 bits per heavy atom. The van der Waals surface area contributed by atoms with Crippen LogP contribution >= 0.6 is 0 Å². The van der Waals surface area contributed by atoms with E-state index in [0.717, 1.165) is 0 Å². The summed E-state index contributed by atoms with van der Waals surface area (Å²) < 4.78 is 5.21. The zero-order valence-corrected chi connectivity index (χ0v) is 8.42. The smallest absolute Gasteiger partial charge is 0.272 e. The van der Waals surface area contributed by atoms with Crippen LogP contribution in [0.2, 0.25) is 0 Å². The Morgan fingerprint density at radius 2 is 2.47 bits per heavy atom. The lowest BCUT2D eigenvalue weighted by molar-refractivity contribution is -0.385. The molecule has 82 valence electrons. The molecule has 15 heavy (non-hydrogen) atoms. The molecular weight excluding hydrogens is 198 g/mol. The molecule has 6 nitrogen and oxygen atoms in total. The standard InChI is InChI=1S/C9H13N3O3/c1-7(10)5-15-6-8-4-9(12(13)14)2-3-11-8/h2-4,7H,5-6,10H2,1H3/t7-/m1/s1. The van der Waals surface area contributed by atoms with Gasteiger partial charge >= 0.3 is 0 Å². The van der Waals surface area contributed by atoms with E-state index in [2.05, 4.69) is 4.98 Å². The fourth-order valence-electron chi connectivity index (χ4n) is 1.01. The van der Waals surface area contributed by atoms with E-state index < -0.39 is 4.92 Å². The number of hydrogen-bond donors (Lipinski definition) is 1. The zero-order chi connectivity index (χ0) is 11.3. The molecule has 0 aromatic carbocycles. The van der Waals surface area contributed by atoms with Crippen LogP contribution in [0.4, 0.5) is 5.69 Å². The molecule has 0 saturated carbocycles. The van der Waals surface area contributed by atoms with E-state index in [0.29, 0.717) is 12.3 Å². The highest BCUT2D eigenvalue weighted by atomic mass is 16.6. The van der Waals surface area contributed by atoms with Crippen LogP contribution in [-0.2, 0) is 11.3 Å². The van der Waals surface area contributed by atoms with Crippen molar-refractivity contribution in [3.8, 4) is 0 Å². The van der Waals surface area contributed by atoms with Gasteiger partial charge < -0.3 is 10.5 Å². The third-order valence-electron chi connectivity index (χ3n) is 1.64. The Kier molecular flexibility index (Phi) is 4.14. The molecule has 0 radical (unpaired) electrons. The maximum Gasteiger partial charge on any atom is 0.272 e. The minimum absolute atomic E-state index is 0.0180. The van der Waals surface area contributed by atoms with Crippen molar-refractivity contribution in [2.45, 2.75) is 19.6 Å². The lowest BCUT2D eigenvalue weighted by Crippen LogP contribution is -2.21. The summed E-state index contributed by atoms with van der Waals surface area (Å²) in [6.45, 7) is 2.47. The summed E-state index contributed by atoms with van der Waals surface area (Å²) in [5.41, 5.74) is 6.03. The van der Waals surface area contributed by atoms with Gasteiger partial charge in [0.2, 0.25) is 0 Å². The third kappa shape index (κ3) is 4.01. The second-order valence-corrected chi connectivity index (χ2v) is 3.25. The molecule has 0 amide bonds. The molecule has 0 bridgehead atoms. The van der Waals surface area contributed by atoms with Gasteiger partial charge in [-0.05, 0) is 6.92 Å². The minimum Gasteiger partial charge on any atom is -0.374 e. The van der Waals surface area contributed by atoms with E-state index in [9.17, 15) is 10.1 Å². The SMILES string of the molecule is C[C@@H](N)COCc1cc([N+](=O)[O-])ccn1. The normalized spacial score (nSPS) is 12.4. The maximum atomic E-state index is 10.5. The first-order valence-corrected chi connectivity index (χ1v) is 4.52. The Balaban J connectivity index is 2.54. The van der Waals surface area contributed by atoms with Crippen LogP contribution in [0.5, 0.6) is 0 Å². The molecule has 1 aromatic heterocycles. The predicted octanol–water partition coefficient (Wildman–Crippen LogP) is 0.854. The van der Waals surface area contributed by atoms with Crippen LogP contribution in [0, 0.1) is 10.1 Å². The number of hydrogen-bond acceptors (Lipinski definition) is 5. The number of nitro groups is 1. The van der Waals surface area contributed by atoms with Crippen LogP contribution < -0.4 is 5.73 Å². The van der Waals surface area contributed by atoms with Crippen molar-refractivity contribution in [3.63, 3.8) is 0 Å². The van der Waals surface area contributed by atoms with E-state index in [1.54, 1.807) is 0 Å². The molecule has 1 aromatic rings. The van der Waals surface area contributed by atoms with Crippen molar-refractivity contribution in [3.05, 3.63) is 34.1 Å². The van der Waals surface area contributed by atoms with Crippen molar-refractivity contribution in [2.75, 3.05) is 6.61 Å². The molecule has 0 aliphatic heterocycles. The number of rotatable bonds is 5. The molecule has 1 rings (SSSR count). The Hall–Kier alpha value is -1.53. The molecule has 1 heterocycles. The van der Waals surface area contributed by atoms with Gasteiger partial charge in [0, 0.05) is 24.4 Å². The van der Waals surface area contributed by atoms with E-state index >= 15 is 0 Å². The van der Waals surface area contributed by atoms with Crippen molar-refractivity contribution in [2.24, 2.45) is 5.73 Å². The monoisotopic (exact) mass is 211 g/mol. The highest BCUT2D eigenvalue weighted by Crippen LogP contribution is 2.11. The highest BCUT2D eigenvalue weighted by Gasteiger charge is 2.06. The average Bonchev–Trinajstić information content (AvgIpc) is 2.17. The lowest BCUT2D eigenvalue weighted by Gasteiger charge is -2.05. The van der Waals surface area contributed by atoms with E-state index in [-0.39, 0.29) is 18.3 Å². The second kappa shape index (κ2) is 5.38. The van der Waals surface area contributed by atoms with Gasteiger partial charge in [0.25, 0.3) is 5.69 Å². The molecule has 0 spiro atoms. The van der Waals surface area contributed by atoms with Gasteiger partial charge in [-0.2, -0.15) is 0 Å². The molecule has 0 aliphatic carbocycles. The summed E-state index contributed by atoms with van der Waals surface area (Å²) in [7, 11) is 0. The van der Waals surface area contributed by atoms with Crippen LogP contribution in [0.15, 0.2) is 18.3 Å². The first-order valence-electron chi connectivity index (χ1n) is 4.52. The summed E-state index contributed by atoms with van der Waals surface area (Å²) in [5, 5.41) is 10.5. The maximum absolute atomic E-state index is 10.5. The lowest BCUT2D eigenvalue weighted by atomic mass is 10.3. The van der Waals surface area contributed by atoms with Gasteiger partial charge in [-0.3, -0.25) is 15.1 Å². The van der Waals surface area contributed by atoms with Crippen LogP contribution in [0.3, 0.4) is 0 Å². The Morgan fingerprint density at radius 3 is 3.07 bits per heavy atom. The van der Waals surface area contributed by atoms with Crippen molar-refractivity contribution < 1.29 is 9.66 Å². The van der Waals surface area contributed by atoms with E-state index in [1.807, 2.05) is 6.92 Å². The molecule has 0 unspecified atom stereocenters. The molecule has 0 saturated heterocycles. The van der Waals surface area contributed by atoms with Gasteiger partial charge in [0.15, 0.2) is 0 Å².